The van der Waals surface area contributed by atoms with Gasteiger partial charge < -0.3 is 14.2 Å². The predicted octanol–water partition coefficient (Wildman–Crippen LogP) is 2.76. The van der Waals surface area contributed by atoms with Gasteiger partial charge in [0, 0.05) is 11.6 Å². The SMILES string of the molecule is CCOc1c(OC)cc(/C=N\Nc2nc(C(C)C)cc(=O)[nH]2)cc1OC. The molecule has 1 heterocycles. The van der Waals surface area contributed by atoms with E-state index in [1.54, 1.807) is 32.6 Å². The minimum Gasteiger partial charge on any atom is -0.493 e. The Morgan fingerprint density at radius 1 is 1.23 bits per heavy atom. The summed E-state index contributed by atoms with van der Waals surface area (Å²) in [4.78, 5) is 18.6. The maximum Gasteiger partial charge on any atom is 0.252 e. The number of hydrazone groups is 1. The van der Waals surface area contributed by atoms with Crippen LogP contribution in [-0.2, 0) is 0 Å². The molecule has 2 aromatic rings. The molecule has 26 heavy (non-hydrogen) atoms. The van der Waals surface area contributed by atoms with Crippen molar-refractivity contribution in [3.63, 3.8) is 0 Å². The van der Waals surface area contributed by atoms with E-state index in [2.05, 4.69) is 20.5 Å². The number of nitrogens with one attached hydrogen (secondary N) is 2. The van der Waals surface area contributed by atoms with Crippen molar-refractivity contribution in [3.8, 4) is 17.2 Å². The average molecular weight is 360 g/mol. The monoisotopic (exact) mass is 360 g/mol. The average Bonchev–Trinajstić information content (AvgIpc) is 2.62. The van der Waals surface area contributed by atoms with Gasteiger partial charge in [-0.15, -0.1) is 0 Å². The largest absolute Gasteiger partial charge is 0.493 e. The quantitative estimate of drug-likeness (QED) is 0.555. The number of benzene rings is 1. The molecule has 0 fully saturated rings. The zero-order valence-corrected chi connectivity index (χ0v) is 15.6. The summed E-state index contributed by atoms with van der Waals surface area (Å²) in [6.45, 7) is 6.31. The van der Waals surface area contributed by atoms with E-state index in [1.165, 1.54) is 6.07 Å². The molecule has 0 saturated heterocycles. The Hall–Kier alpha value is -3.03. The standard InChI is InChI=1S/C18H24N4O4/c1-6-26-17-14(24-4)7-12(8-15(17)25-5)10-19-22-18-20-13(11(2)3)9-16(23)21-18/h7-11H,6H2,1-5H3,(H2,20,21,22,23)/b19-10-. The van der Waals surface area contributed by atoms with Crippen LogP contribution in [0.15, 0.2) is 28.1 Å². The van der Waals surface area contributed by atoms with Crippen molar-refractivity contribution in [1.82, 2.24) is 9.97 Å². The Bertz CT molecular complexity index is 805. The molecular formula is C18H24N4O4. The minimum absolute atomic E-state index is 0.140. The summed E-state index contributed by atoms with van der Waals surface area (Å²) >= 11 is 0. The summed E-state index contributed by atoms with van der Waals surface area (Å²) in [6.07, 6.45) is 1.57. The fraction of sp³-hybridized carbons (Fsp3) is 0.389. The lowest BCUT2D eigenvalue weighted by Gasteiger charge is -2.14. The van der Waals surface area contributed by atoms with Gasteiger partial charge in [-0.25, -0.2) is 10.4 Å². The van der Waals surface area contributed by atoms with E-state index >= 15 is 0 Å². The number of H-pyrrole nitrogens is 1. The van der Waals surface area contributed by atoms with E-state index < -0.39 is 0 Å². The maximum atomic E-state index is 11.7. The fourth-order valence-corrected chi connectivity index (χ4v) is 2.25. The highest BCUT2D eigenvalue weighted by molar-refractivity contribution is 5.82. The van der Waals surface area contributed by atoms with Crippen molar-refractivity contribution >= 4 is 12.2 Å². The van der Waals surface area contributed by atoms with Crippen molar-refractivity contribution in [3.05, 3.63) is 39.8 Å². The molecule has 0 amide bonds. The molecule has 2 rings (SSSR count). The molecule has 2 N–H and O–H groups in total. The Morgan fingerprint density at radius 2 is 1.88 bits per heavy atom. The van der Waals surface area contributed by atoms with Crippen molar-refractivity contribution in [2.24, 2.45) is 5.10 Å². The van der Waals surface area contributed by atoms with Gasteiger partial charge in [-0.05, 0) is 25.0 Å². The van der Waals surface area contributed by atoms with Gasteiger partial charge in [0.1, 0.15) is 0 Å². The van der Waals surface area contributed by atoms with Gasteiger partial charge in [-0.3, -0.25) is 9.78 Å². The van der Waals surface area contributed by atoms with Crippen LogP contribution in [0.1, 0.15) is 37.9 Å². The molecule has 0 atom stereocenters. The van der Waals surface area contributed by atoms with Gasteiger partial charge in [0.15, 0.2) is 11.5 Å². The first-order valence-corrected chi connectivity index (χ1v) is 8.27. The first kappa shape index (κ1) is 19.3. The highest BCUT2D eigenvalue weighted by Crippen LogP contribution is 2.38. The molecule has 0 aliphatic rings. The maximum absolute atomic E-state index is 11.7. The summed E-state index contributed by atoms with van der Waals surface area (Å²) in [7, 11) is 3.12. The number of hydrogen-bond acceptors (Lipinski definition) is 7. The minimum atomic E-state index is -0.231. The topological polar surface area (TPSA) is 97.8 Å². The summed E-state index contributed by atoms with van der Waals surface area (Å²) in [5.74, 6) is 2.05. The van der Waals surface area contributed by atoms with Crippen molar-refractivity contribution in [2.45, 2.75) is 26.7 Å². The lowest BCUT2D eigenvalue weighted by molar-refractivity contribution is 0.288. The molecule has 1 aromatic carbocycles. The van der Waals surface area contributed by atoms with Crippen LogP contribution in [-0.4, -0.2) is 37.0 Å². The number of aromatic amines is 1. The van der Waals surface area contributed by atoms with E-state index in [1.807, 2.05) is 20.8 Å². The van der Waals surface area contributed by atoms with Crippen LogP contribution in [0.25, 0.3) is 0 Å². The summed E-state index contributed by atoms with van der Waals surface area (Å²) in [6, 6.07) is 5.03. The van der Waals surface area contributed by atoms with Gasteiger partial charge >= 0.3 is 0 Å². The summed E-state index contributed by atoms with van der Waals surface area (Å²) < 4.78 is 16.3. The second-order valence-electron chi connectivity index (χ2n) is 5.73. The highest BCUT2D eigenvalue weighted by atomic mass is 16.5. The normalized spacial score (nSPS) is 11.0. The third kappa shape index (κ3) is 4.75. The van der Waals surface area contributed by atoms with Gasteiger partial charge in [0.2, 0.25) is 11.7 Å². The third-order valence-electron chi connectivity index (χ3n) is 3.51. The van der Waals surface area contributed by atoms with E-state index in [9.17, 15) is 4.79 Å². The van der Waals surface area contributed by atoms with Crippen LogP contribution in [0.5, 0.6) is 17.2 Å². The zero-order chi connectivity index (χ0) is 19.1. The Kier molecular flexibility index (Phi) is 6.60. The van der Waals surface area contributed by atoms with Crippen LogP contribution in [0.2, 0.25) is 0 Å². The first-order chi connectivity index (χ1) is 12.5. The van der Waals surface area contributed by atoms with Crippen molar-refractivity contribution < 1.29 is 14.2 Å². The van der Waals surface area contributed by atoms with Crippen LogP contribution >= 0.6 is 0 Å². The van der Waals surface area contributed by atoms with Crippen LogP contribution in [0.3, 0.4) is 0 Å². The van der Waals surface area contributed by atoms with Crippen LogP contribution < -0.4 is 25.2 Å². The Morgan fingerprint density at radius 3 is 2.42 bits per heavy atom. The molecule has 0 aliphatic heterocycles. The lowest BCUT2D eigenvalue weighted by Crippen LogP contribution is -2.12. The number of methoxy groups -OCH3 is 2. The lowest BCUT2D eigenvalue weighted by atomic mass is 10.1. The predicted molar refractivity (Wildman–Crippen MR) is 101 cm³/mol. The third-order valence-corrected chi connectivity index (χ3v) is 3.51. The smallest absolute Gasteiger partial charge is 0.252 e. The van der Waals surface area contributed by atoms with Crippen molar-refractivity contribution in [2.75, 3.05) is 26.3 Å². The molecule has 0 bridgehead atoms. The second-order valence-corrected chi connectivity index (χ2v) is 5.73. The Balaban J connectivity index is 2.24. The molecule has 0 aliphatic carbocycles. The Labute approximate surface area is 152 Å². The zero-order valence-electron chi connectivity index (χ0n) is 15.6. The van der Waals surface area contributed by atoms with Gasteiger partial charge in [-0.1, -0.05) is 13.8 Å². The number of hydrogen-bond donors (Lipinski definition) is 2. The molecule has 0 spiro atoms. The second kappa shape index (κ2) is 8.89. The number of nitrogens with zero attached hydrogens (tertiary/aromatic N) is 2. The molecule has 0 saturated carbocycles. The van der Waals surface area contributed by atoms with E-state index in [-0.39, 0.29) is 17.4 Å². The first-order valence-electron chi connectivity index (χ1n) is 8.27. The van der Waals surface area contributed by atoms with Gasteiger partial charge in [0.25, 0.3) is 5.56 Å². The highest BCUT2D eigenvalue weighted by Gasteiger charge is 2.13. The molecule has 0 radical (unpaired) electrons. The number of aromatic nitrogens is 2. The number of ether oxygens (including phenoxy) is 3. The van der Waals surface area contributed by atoms with Gasteiger partial charge in [-0.2, -0.15) is 5.10 Å². The summed E-state index contributed by atoms with van der Waals surface area (Å²) in [5, 5.41) is 4.12. The molecule has 0 unspecified atom stereocenters. The molecule has 140 valence electrons. The summed E-state index contributed by atoms with van der Waals surface area (Å²) in [5.41, 5.74) is 3.93. The van der Waals surface area contributed by atoms with E-state index in [4.69, 9.17) is 14.2 Å². The molecule has 1 aromatic heterocycles. The molecular weight excluding hydrogens is 336 g/mol. The van der Waals surface area contributed by atoms with Gasteiger partial charge in [0.05, 0.1) is 32.7 Å². The fourth-order valence-electron chi connectivity index (χ4n) is 2.25. The van der Waals surface area contributed by atoms with E-state index in [0.717, 1.165) is 5.56 Å². The molecule has 8 nitrogen and oxygen atoms in total. The van der Waals surface area contributed by atoms with Crippen molar-refractivity contribution in [1.29, 1.82) is 0 Å². The van der Waals surface area contributed by atoms with Crippen LogP contribution in [0.4, 0.5) is 5.95 Å². The number of anilines is 1. The van der Waals surface area contributed by atoms with E-state index in [0.29, 0.717) is 29.5 Å². The number of rotatable bonds is 8. The van der Waals surface area contributed by atoms with Crippen LogP contribution in [0, 0.1) is 0 Å². The molecule has 8 heteroatoms.